The minimum Gasteiger partial charge on any atom is -0.308 e. The van der Waals surface area contributed by atoms with Crippen LogP contribution in [0.4, 0.5) is 11.6 Å². The lowest BCUT2D eigenvalue weighted by Crippen LogP contribution is -2.42. The monoisotopic (exact) mass is 297 g/mol. The molecule has 0 aromatic carbocycles. The normalized spacial score (nSPS) is 14.2. The Morgan fingerprint density at radius 1 is 0.952 bits per heavy atom. The summed E-state index contributed by atoms with van der Waals surface area (Å²) in [5.41, 5.74) is -0.828. The van der Waals surface area contributed by atoms with Gasteiger partial charge in [-0.1, -0.05) is 6.92 Å². The van der Waals surface area contributed by atoms with E-state index in [4.69, 9.17) is 0 Å². The van der Waals surface area contributed by atoms with Gasteiger partial charge in [-0.25, -0.2) is 10.1 Å². The number of rotatable bonds is 4. The highest BCUT2D eigenvalue weighted by Crippen LogP contribution is 2.35. The highest BCUT2D eigenvalue weighted by atomic mass is 16.5. The standard InChI is InChI=1S/C16H31N3O2/c1-9-12(2)17-13(18(20)15(3,4)5)10-11-14(17)19(21)16(6,7)8/h10-12,20-21H,9H2,1-8H3. The fourth-order valence-corrected chi connectivity index (χ4v) is 2.09. The molecule has 0 saturated heterocycles. The minimum atomic E-state index is -0.414. The number of anilines is 2. The molecule has 0 aliphatic carbocycles. The van der Waals surface area contributed by atoms with Gasteiger partial charge in [0.25, 0.3) is 0 Å². The zero-order valence-electron chi connectivity index (χ0n) is 14.7. The van der Waals surface area contributed by atoms with Crippen LogP contribution in [0.3, 0.4) is 0 Å². The second kappa shape index (κ2) is 5.89. The highest BCUT2D eigenvalue weighted by molar-refractivity contribution is 5.54. The molecule has 0 radical (unpaired) electrons. The van der Waals surface area contributed by atoms with Gasteiger partial charge in [0.05, 0.1) is 11.1 Å². The van der Waals surface area contributed by atoms with Gasteiger partial charge < -0.3 is 4.57 Å². The summed E-state index contributed by atoms with van der Waals surface area (Å²) < 4.78 is 1.98. The van der Waals surface area contributed by atoms with E-state index in [0.717, 1.165) is 6.42 Å². The largest absolute Gasteiger partial charge is 0.308 e. The third-order valence-corrected chi connectivity index (χ3v) is 3.61. The lowest BCUT2D eigenvalue weighted by Gasteiger charge is -2.36. The lowest BCUT2D eigenvalue weighted by atomic mass is 10.1. The van der Waals surface area contributed by atoms with Gasteiger partial charge in [0.1, 0.15) is 11.6 Å². The van der Waals surface area contributed by atoms with E-state index in [1.54, 1.807) is 0 Å². The van der Waals surface area contributed by atoms with E-state index < -0.39 is 11.1 Å². The maximum atomic E-state index is 10.5. The van der Waals surface area contributed by atoms with E-state index in [0.29, 0.717) is 11.6 Å². The maximum Gasteiger partial charge on any atom is 0.135 e. The number of hydrogen-bond acceptors (Lipinski definition) is 4. The molecule has 0 saturated carbocycles. The lowest BCUT2D eigenvalue weighted by molar-refractivity contribution is 0.164. The molecule has 5 nitrogen and oxygen atoms in total. The van der Waals surface area contributed by atoms with E-state index in [1.165, 1.54) is 10.1 Å². The Hall–Kier alpha value is -1.20. The predicted molar refractivity (Wildman–Crippen MR) is 87.5 cm³/mol. The second-order valence-corrected chi connectivity index (χ2v) is 7.64. The molecule has 0 spiro atoms. The van der Waals surface area contributed by atoms with Crippen LogP contribution in [0, 0.1) is 0 Å². The van der Waals surface area contributed by atoms with Gasteiger partial charge in [0.2, 0.25) is 0 Å². The van der Waals surface area contributed by atoms with Gasteiger partial charge in [-0.3, -0.25) is 10.4 Å². The van der Waals surface area contributed by atoms with Crippen LogP contribution in [0.15, 0.2) is 12.1 Å². The van der Waals surface area contributed by atoms with Gasteiger partial charge in [-0.05, 0) is 67.0 Å². The van der Waals surface area contributed by atoms with Gasteiger partial charge in [-0.15, -0.1) is 0 Å². The van der Waals surface area contributed by atoms with Crippen molar-refractivity contribution >= 4 is 11.6 Å². The molecule has 0 aliphatic heterocycles. The van der Waals surface area contributed by atoms with E-state index in [1.807, 2.05) is 58.2 Å². The van der Waals surface area contributed by atoms with Crippen LogP contribution in [0.25, 0.3) is 0 Å². The molecular weight excluding hydrogens is 266 g/mol. The van der Waals surface area contributed by atoms with Crippen LogP contribution in [0.5, 0.6) is 0 Å². The van der Waals surface area contributed by atoms with Crippen LogP contribution < -0.4 is 10.1 Å². The molecule has 1 unspecified atom stereocenters. The molecule has 1 aromatic heterocycles. The van der Waals surface area contributed by atoms with Gasteiger partial charge in [-0.2, -0.15) is 0 Å². The molecule has 1 heterocycles. The van der Waals surface area contributed by atoms with Crippen molar-refractivity contribution in [1.29, 1.82) is 0 Å². The van der Waals surface area contributed by atoms with Crippen molar-refractivity contribution in [3.05, 3.63) is 12.1 Å². The third kappa shape index (κ3) is 3.71. The minimum absolute atomic E-state index is 0.166. The summed E-state index contributed by atoms with van der Waals surface area (Å²) in [4.78, 5) is 0. The van der Waals surface area contributed by atoms with Crippen LogP contribution in [0.1, 0.15) is 67.9 Å². The van der Waals surface area contributed by atoms with Crippen molar-refractivity contribution in [2.75, 3.05) is 10.1 Å². The van der Waals surface area contributed by atoms with Gasteiger partial charge in [0.15, 0.2) is 0 Å². The van der Waals surface area contributed by atoms with Crippen molar-refractivity contribution in [3.63, 3.8) is 0 Å². The number of hydrogen-bond donors (Lipinski definition) is 2. The summed E-state index contributed by atoms with van der Waals surface area (Å²) in [6.07, 6.45) is 0.907. The fraction of sp³-hybridized carbons (Fsp3) is 0.750. The van der Waals surface area contributed by atoms with Crippen molar-refractivity contribution < 1.29 is 10.4 Å². The average molecular weight is 297 g/mol. The van der Waals surface area contributed by atoms with Crippen molar-refractivity contribution in [1.82, 2.24) is 4.57 Å². The van der Waals surface area contributed by atoms with E-state index >= 15 is 0 Å². The van der Waals surface area contributed by atoms with Crippen LogP contribution in [-0.4, -0.2) is 26.1 Å². The SMILES string of the molecule is CCC(C)n1c(N(O)C(C)(C)C)ccc1N(O)C(C)(C)C. The fourth-order valence-electron chi connectivity index (χ4n) is 2.09. The Bertz CT molecular complexity index is 431. The summed E-state index contributed by atoms with van der Waals surface area (Å²) >= 11 is 0. The molecule has 0 fully saturated rings. The highest BCUT2D eigenvalue weighted by Gasteiger charge is 2.29. The summed E-state index contributed by atoms with van der Waals surface area (Å²) in [6, 6.07) is 3.86. The molecule has 2 N–H and O–H groups in total. The zero-order valence-corrected chi connectivity index (χ0v) is 14.7. The predicted octanol–water partition coefficient (Wildman–Crippen LogP) is 4.45. The quantitative estimate of drug-likeness (QED) is 0.806. The van der Waals surface area contributed by atoms with Crippen molar-refractivity contribution in [2.45, 2.75) is 78.9 Å². The number of hydroxylamine groups is 2. The first-order valence-corrected chi connectivity index (χ1v) is 7.60. The summed E-state index contributed by atoms with van der Waals surface area (Å²) in [5.74, 6) is 1.38. The topological polar surface area (TPSA) is 51.9 Å². The molecule has 0 bridgehead atoms. The molecule has 1 rings (SSSR count). The van der Waals surface area contributed by atoms with E-state index in [2.05, 4.69) is 13.8 Å². The van der Waals surface area contributed by atoms with Crippen molar-refractivity contribution in [3.8, 4) is 0 Å². The molecule has 5 heteroatoms. The molecule has 122 valence electrons. The Morgan fingerprint density at radius 3 is 1.52 bits per heavy atom. The number of aromatic nitrogens is 1. The Morgan fingerprint density at radius 2 is 1.29 bits per heavy atom. The number of nitrogens with zero attached hydrogens (tertiary/aromatic N) is 3. The molecule has 0 aliphatic rings. The molecule has 21 heavy (non-hydrogen) atoms. The summed E-state index contributed by atoms with van der Waals surface area (Å²) in [5, 5.41) is 23.5. The van der Waals surface area contributed by atoms with Crippen LogP contribution in [0.2, 0.25) is 0 Å². The summed E-state index contributed by atoms with van der Waals surface area (Å²) in [6.45, 7) is 15.8. The third-order valence-electron chi connectivity index (χ3n) is 3.61. The molecular formula is C16H31N3O2. The molecule has 1 aromatic rings. The smallest absolute Gasteiger partial charge is 0.135 e. The first-order valence-electron chi connectivity index (χ1n) is 7.60. The second-order valence-electron chi connectivity index (χ2n) is 7.64. The van der Waals surface area contributed by atoms with Gasteiger partial charge in [0, 0.05) is 6.04 Å². The van der Waals surface area contributed by atoms with E-state index in [-0.39, 0.29) is 6.04 Å². The van der Waals surface area contributed by atoms with Crippen molar-refractivity contribution in [2.24, 2.45) is 0 Å². The van der Waals surface area contributed by atoms with Gasteiger partial charge >= 0.3 is 0 Å². The molecule has 0 amide bonds. The Kier molecular flexibility index (Phi) is 5.01. The molecule has 1 atom stereocenters. The summed E-state index contributed by atoms with van der Waals surface area (Å²) in [7, 11) is 0. The maximum absolute atomic E-state index is 10.5. The Labute approximate surface area is 128 Å². The van der Waals surface area contributed by atoms with Crippen LogP contribution in [-0.2, 0) is 0 Å². The average Bonchev–Trinajstić information content (AvgIpc) is 2.77. The zero-order chi connectivity index (χ0) is 16.6. The Balaban J connectivity index is 3.40. The first-order chi connectivity index (χ1) is 9.41. The first kappa shape index (κ1) is 17.9. The van der Waals surface area contributed by atoms with E-state index in [9.17, 15) is 10.4 Å². The van der Waals surface area contributed by atoms with Crippen LogP contribution >= 0.6 is 0 Å².